The number of carbonyl (C=O) groups is 2. The van der Waals surface area contributed by atoms with Gasteiger partial charge in [-0.25, -0.2) is 4.79 Å². The van der Waals surface area contributed by atoms with Crippen LogP contribution < -0.4 is 5.32 Å². The Morgan fingerprint density at radius 2 is 2.18 bits per heavy atom. The number of rotatable bonds is 5. The van der Waals surface area contributed by atoms with E-state index in [2.05, 4.69) is 15.6 Å². The van der Waals surface area contributed by atoms with Crippen molar-refractivity contribution < 1.29 is 14.7 Å². The first-order valence-corrected chi connectivity index (χ1v) is 5.37. The molecule has 7 nitrogen and oxygen atoms in total. The normalized spacial score (nSPS) is 12.2. The molecule has 1 aromatic heterocycles. The second-order valence-electron chi connectivity index (χ2n) is 3.80. The van der Waals surface area contributed by atoms with Crippen LogP contribution in [0.5, 0.6) is 0 Å². The summed E-state index contributed by atoms with van der Waals surface area (Å²) in [5.74, 6) is -1.54. The molecule has 1 aromatic rings. The number of aliphatic carboxylic acids is 1. The molecule has 1 rings (SSSR count). The second kappa shape index (κ2) is 5.42. The minimum atomic E-state index is -1.04. The molecule has 0 spiro atoms. The van der Waals surface area contributed by atoms with Crippen LogP contribution in [0.4, 0.5) is 0 Å². The van der Waals surface area contributed by atoms with Crippen LogP contribution >= 0.6 is 0 Å². The Labute approximate surface area is 98.8 Å². The molecule has 0 aliphatic heterocycles. The van der Waals surface area contributed by atoms with E-state index >= 15 is 0 Å². The minimum Gasteiger partial charge on any atom is -0.480 e. The van der Waals surface area contributed by atoms with E-state index in [1.165, 1.54) is 4.68 Å². The lowest BCUT2D eigenvalue weighted by Crippen LogP contribution is -2.41. The first-order valence-electron chi connectivity index (χ1n) is 5.37. The largest absolute Gasteiger partial charge is 0.480 e. The standard InChI is InChI=1S/C10H16N4O3/c1-4-5-7(10(16)17)11-9(15)8-6(2)14(3)13-12-8/h7H,4-5H2,1-3H3,(H,11,15)(H,16,17). The fraction of sp³-hybridized carbons (Fsp3) is 0.600. The number of amides is 1. The third kappa shape index (κ3) is 3.02. The van der Waals surface area contributed by atoms with Gasteiger partial charge in [-0.2, -0.15) is 0 Å². The Kier molecular flexibility index (Phi) is 4.19. The van der Waals surface area contributed by atoms with Gasteiger partial charge in [0.2, 0.25) is 0 Å². The topological polar surface area (TPSA) is 97.1 Å². The van der Waals surface area contributed by atoms with Crippen molar-refractivity contribution in [2.75, 3.05) is 0 Å². The lowest BCUT2D eigenvalue weighted by Gasteiger charge is -2.12. The third-order valence-electron chi connectivity index (χ3n) is 2.50. The predicted molar refractivity (Wildman–Crippen MR) is 59.5 cm³/mol. The monoisotopic (exact) mass is 240 g/mol. The summed E-state index contributed by atoms with van der Waals surface area (Å²) in [5.41, 5.74) is 0.762. The molecule has 0 aliphatic rings. The van der Waals surface area contributed by atoms with E-state index in [4.69, 9.17) is 5.11 Å². The smallest absolute Gasteiger partial charge is 0.326 e. The highest BCUT2D eigenvalue weighted by Gasteiger charge is 2.22. The van der Waals surface area contributed by atoms with Crippen molar-refractivity contribution >= 4 is 11.9 Å². The van der Waals surface area contributed by atoms with Crippen LogP contribution in [0.3, 0.4) is 0 Å². The van der Waals surface area contributed by atoms with Crippen molar-refractivity contribution in [3.05, 3.63) is 11.4 Å². The van der Waals surface area contributed by atoms with E-state index in [1.54, 1.807) is 14.0 Å². The van der Waals surface area contributed by atoms with Gasteiger partial charge in [0, 0.05) is 7.05 Å². The fourth-order valence-electron chi connectivity index (χ4n) is 1.39. The molecule has 0 saturated carbocycles. The Hall–Kier alpha value is -1.92. The van der Waals surface area contributed by atoms with E-state index < -0.39 is 17.9 Å². The first-order chi connectivity index (χ1) is 7.97. The van der Waals surface area contributed by atoms with Crippen LogP contribution in [0.15, 0.2) is 0 Å². The summed E-state index contributed by atoms with van der Waals surface area (Å²) in [7, 11) is 1.67. The molecule has 7 heteroatoms. The SMILES string of the molecule is CCCC(NC(=O)c1nnn(C)c1C)C(=O)O. The number of carbonyl (C=O) groups excluding carboxylic acids is 1. The van der Waals surface area contributed by atoms with E-state index in [1.807, 2.05) is 6.92 Å². The molecule has 94 valence electrons. The van der Waals surface area contributed by atoms with Gasteiger partial charge in [0.05, 0.1) is 5.69 Å². The van der Waals surface area contributed by atoms with Gasteiger partial charge in [-0.3, -0.25) is 9.48 Å². The van der Waals surface area contributed by atoms with Crippen molar-refractivity contribution in [3.63, 3.8) is 0 Å². The van der Waals surface area contributed by atoms with Crippen LogP contribution in [0.1, 0.15) is 35.9 Å². The van der Waals surface area contributed by atoms with Crippen LogP contribution in [0.2, 0.25) is 0 Å². The molecule has 1 heterocycles. The molecule has 0 bridgehead atoms. The van der Waals surface area contributed by atoms with Gasteiger partial charge in [0.1, 0.15) is 6.04 Å². The number of hydrogen-bond donors (Lipinski definition) is 2. The highest BCUT2D eigenvalue weighted by Crippen LogP contribution is 2.04. The molecular weight excluding hydrogens is 224 g/mol. The molecule has 0 fully saturated rings. The van der Waals surface area contributed by atoms with E-state index in [0.29, 0.717) is 18.5 Å². The van der Waals surface area contributed by atoms with Gasteiger partial charge in [0.25, 0.3) is 5.91 Å². The van der Waals surface area contributed by atoms with Crippen LogP contribution in [-0.4, -0.2) is 38.0 Å². The Bertz CT molecular complexity index is 427. The third-order valence-corrected chi connectivity index (χ3v) is 2.50. The summed E-state index contributed by atoms with van der Waals surface area (Å²) in [5, 5.41) is 18.7. The Morgan fingerprint density at radius 3 is 2.59 bits per heavy atom. The highest BCUT2D eigenvalue weighted by atomic mass is 16.4. The molecule has 1 atom stereocenters. The lowest BCUT2D eigenvalue weighted by atomic mass is 10.1. The summed E-state index contributed by atoms with van der Waals surface area (Å²) in [4.78, 5) is 22.7. The molecule has 17 heavy (non-hydrogen) atoms. The lowest BCUT2D eigenvalue weighted by molar-refractivity contribution is -0.139. The zero-order chi connectivity index (χ0) is 13.0. The molecule has 0 saturated heterocycles. The molecule has 1 amide bonds. The van der Waals surface area contributed by atoms with Crippen LogP contribution in [0, 0.1) is 6.92 Å². The second-order valence-corrected chi connectivity index (χ2v) is 3.80. The number of nitrogens with zero attached hydrogens (tertiary/aromatic N) is 3. The Morgan fingerprint density at radius 1 is 1.53 bits per heavy atom. The quantitative estimate of drug-likeness (QED) is 0.761. The maximum atomic E-state index is 11.8. The van der Waals surface area contributed by atoms with Crippen molar-refractivity contribution in [2.24, 2.45) is 7.05 Å². The molecule has 0 aliphatic carbocycles. The van der Waals surface area contributed by atoms with Gasteiger partial charge < -0.3 is 10.4 Å². The fourth-order valence-corrected chi connectivity index (χ4v) is 1.39. The summed E-state index contributed by atoms with van der Waals surface area (Å²) >= 11 is 0. The van der Waals surface area contributed by atoms with E-state index in [0.717, 1.165) is 0 Å². The average Bonchev–Trinajstić information content (AvgIpc) is 2.59. The summed E-state index contributed by atoms with van der Waals surface area (Å²) < 4.78 is 1.46. The first kappa shape index (κ1) is 13.1. The number of nitrogens with one attached hydrogen (secondary N) is 1. The van der Waals surface area contributed by atoms with Crippen molar-refractivity contribution in [3.8, 4) is 0 Å². The zero-order valence-corrected chi connectivity index (χ0v) is 10.1. The minimum absolute atomic E-state index is 0.162. The van der Waals surface area contributed by atoms with Crippen LogP contribution in [0.25, 0.3) is 0 Å². The maximum Gasteiger partial charge on any atom is 0.326 e. The molecule has 1 unspecified atom stereocenters. The van der Waals surface area contributed by atoms with Crippen molar-refractivity contribution in [1.82, 2.24) is 20.3 Å². The van der Waals surface area contributed by atoms with E-state index in [9.17, 15) is 9.59 Å². The Balaban J connectivity index is 2.77. The predicted octanol–water partition coefficient (Wildman–Crippen LogP) is 0.107. The summed E-state index contributed by atoms with van der Waals surface area (Å²) in [6.07, 6.45) is 1.07. The zero-order valence-electron chi connectivity index (χ0n) is 10.1. The van der Waals surface area contributed by atoms with Gasteiger partial charge in [-0.05, 0) is 13.3 Å². The number of aryl methyl sites for hydroxylation is 1. The van der Waals surface area contributed by atoms with Gasteiger partial charge in [-0.1, -0.05) is 18.6 Å². The summed E-state index contributed by atoms with van der Waals surface area (Å²) in [6.45, 7) is 3.56. The highest BCUT2D eigenvalue weighted by molar-refractivity contribution is 5.95. The average molecular weight is 240 g/mol. The maximum absolute atomic E-state index is 11.8. The molecule has 0 radical (unpaired) electrons. The number of carboxylic acid groups (broad SMARTS) is 1. The van der Waals surface area contributed by atoms with Crippen LogP contribution in [-0.2, 0) is 11.8 Å². The van der Waals surface area contributed by atoms with E-state index in [-0.39, 0.29) is 5.69 Å². The number of aromatic nitrogens is 3. The molecule has 0 aromatic carbocycles. The van der Waals surface area contributed by atoms with Gasteiger partial charge >= 0.3 is 5.97 Å². The molecule has 2 N–H and O–H groups in total. The van der Waals surface area contributed by atoms with Gasteiger partial charge in [0.15, 0.2) is 5.69 Å². The number of hydrogen-bond acceptors (Lipinski definition) is 4. The summed E-state index contributed by atoms with van der Waals surface area (Å²) in [6, 6.07) is -0.881. The van der Waals surface area contributed by atoms with Crippen molar-refractivity contribution in [1.29, 1.82) is 0 Å². The molecular formula is C10H16N4O3. The van der Waals surface area contributed by atoms with Gasteiger partial charge in [-0.15, -0.1) is 5.10 Å². The van der Waals surface area contributed by atoms with Crippen molar-refractivity contribution in [2.45, 2.75) is 32.7 Å². The number of carboxylic acids is 1.